The molecule has 2 nitrogen and oxygen atoms in total. The molecule has 2 aromatic carbocycles. The Bertz CT molecular complexity index is 1250. The maximum absolute atomic E-state index is 16.6. The van der Waals surface area contributed by atoms with E-state index in [-0.39, 0.29) is 23.0 Å². The fourth-order valence-electron chi connectivity index (χ4n) is 5.94. The zero-order chi connectivity index (χ0) is 26.3. The second-order valence-corrected chi connectivity index (χ2v) is 10.5. The molecule has 0 bridgehead atoms. The minimum atomic E-state index is -4.52. The number of nitrogens with zero attached hydrogens (tertiary/aromatic N) is 1. The monoisotopic (exact) mass is 515 g/mol. The van der Waals surface area contributed by atoms with Crippen LogP contribution in [0.5, 0.6) is 0 Å². The molecular formula is C30H30F5NO. The number of aliphatic hydroxyl groups excluding tert-OH is 1. The van der Waals surface area contributed by atoms with Gasteiger partial charge in [0.25, 0.3) is 0 Å². The third-order valence-corrected chi connectivity index (χ3v) is 7.87. The summed E-state index contributed by atoms with van der Waals surface area (Å²) in [6, 6.07) is 9.89. The lowest BCUT2D eigenvalue weighted by Gasteiger charge is -2.27. The van der Waals surface area contributed by atoms with Crippen molar-refractivity contribution in [1.29, 1.82) is 0 Å². The summed E-state index contributed by atoms with van der Waals surface area (Å²) in [4.78, 5) is 4.99. The Morgan fingerprint density at radius 1 is 0.946 bits per heavy atom. The molecule has 0 saturated heterocycles. The lowest BCUT2D eigenvalue weighted by Crippen LogP contribution is -2.15. The van der Waals surface area contributed by atoms with Gasteiger partial charge >= 0.3 is 6.18 Å². The third-order valence-electron chi connectivity index (χ3n) is 7.87. The van der Waals surface area contributed by atoms with Gasteiger partial charge in [0.2, 0.25) is 0 Å². The summed E-state index contributed by atoms with van der Waals surface area (Å²) < 4.78 is 70.0. The van der Waals surface area contributed by atoms with E-state index >= 15 is 4.39 Å². The molecule has 5 rings (SSSR count). The minimum absolute atomic E-state index is 0.0185. The Morgan fingerprint density at radius 2 is 1.59 bits per heavy atom. The fourth-order valence-corrected chi connectivity index (χ4v) is 5.94. The lowest BCUT2D eigenvalue weighted by atomic mass is 9.82. The maximum atomic E-state index is 16.6. The standard InChI is InChI=1S/C30H30F5NO/c1-17-6-15-23-26(24(37)16-17)25(18-9-13-22(31)14-10-18)27(29(36-23)20-4-2-3-5-20)28(32)19-7-11-21(12-8-19)30(33,34)35/h7-14,17,20,24,28,37H,2-6,15-16H2,1H3. The van der Waals surface area contributed by atoms with Crippen LogP contribution in [0.15, 0.2) is 48.5 Å². The summed E-state index contributed by atoms with van der Waals surface area (Å²) in [5.74, 6) is -0.181. The van der Waals surface area contributed by atoms with Gasteiger partial charge < -0.3 is 5.11 Å². The van der Waals surface area contributed by atoms with E-state index in [4.69, 9.17) is 4.98 Å². The number of pyridine rings is 1. The molecule has 0 aliphatic heterocycles. The van der Waals surface area contributed by atoms with Crippen LogP contribution in [-0.2, 0) is 12.6 Å². The molecule has 0 spiro atoms. The Morgan fingerprint density at radius 3 is 2.22 bits per heavy atom. The number of rotatable bonds is 4. The quantitative estimate of drug-likeness (QED) is 0.279. The van der Waals surface area contributed by atoms with Crippen LogP contribution in [-0.4, -0.2) is 10.1 Å². The number of fused-ring (bicyclic) bond motifs is 1. The number of aromatic nitrogens is 1. The second kappa shape index (κ2) is 10.2. The molecular weight excluding hydrogens is 485 g/mol. The van der Waals surface area contributed by atoms with Crippen LogP contribution >= 0.6 is 0 Å². The fraction of sp³-hybridized carbons (Fsp3) is 0.433. The number of halogens is 5. The van der Waals surface area contributed by atoms with E-state index in [0.29, 0.717) is 35.2 Å². The summed E-state index contributed by atoms with van der Waals surface area (Å²) in [5, 5.41) is 11.3. The van der Waals surface area contributed by atoms with E-state index in [1.165, 1.54) is 24.3 Å². The van der Waals surface area contributed by atoms with Crippen molar-refractivity contribution in [3.05, 3.63) is 88.0 Å². The zero-order valence-corrected chi connectivity index (χ0v) is 20.7. The Kier molecular flexibility index (Phi) is 7.10. The van der Waals surface area contributed by atoms with Crippen LogP contribution in [0.2, 0.25) is 0 Å². The van der Waals surface area contributed by atoms with Crippen molar-refractivity contribution in [3.8, 4) is 11.1 Å². The van der Waals surface area contributed by atoms with Crippen molar-refractivity contribution >= 4 is 0 Å². The highest BCUT2D eigenvalue weighted by atomic mass is 19.4. The molecule has 7 heteroatoms. The molecule has 196 valence electrons. The molecule has 3 atom stereocenters. The van der Waals surface area contributed by atoms with Gasteiger partial charge in [0.1, 0.15) is 5.82 Å². The molecule has 3 aromatic rings. The highest BCUT2D eigenvalue weighted by molar-refractivity contribution is 5.75. The van der Waals surface area contributed by atoms with E-state index in [9.17, 15) is 22.7 Å². The first-order valence-corrected chi connectivity index (χ1v) is 12.9. The molecule has 1 heterocycles. The van der Waals surface area contributed by atoms with Gasteiger partial charge in [0, 0.05) is 22.7 Å². The van der Waals surface area contributed by atoms with Crippen molar-refractivity contribution in [2.75, 3.05) is 0 Å². The number of aryl methyl sites for hydroxylation is 1. The molecule has 37 heavy (non-hydrogen) atoms. The first-order valence-electron chi connectivity index (χ1n) is 12.9. The number of hydrogen-bond donors (Lipinski definition) is 1. The van der Waals surface area contributed by atoms with E-state index in [2.05, 4.69) is 6.92 Å². The normalized spacial score (nSPS) is 21.5. The summed E-state index contributed by atoms with van der Waals surface area (Å²) in [6.07, 6.45) is -1.52. The predicted octanol–water partition coefficient (Wildman–Crippen LogP) is 8.63. The Hall–Kier alpha value is -2.80. The van der Waals surface area contributed by atoms with E-state index in [1.54, 1.807) is 12.1 Å². The largest absolute Gasteiger partial charge is 0.416 e. The van der Waals surface area contributed by atoms with Gasteiger partial charge in [-0.3, -0.25) is 4.98 Å². The smallest absolute Gasteiger partial charge is 0.388 e. The van der Waals surface area contributed by atoms with E-state index < -0.39 is 29.8 Å². The second-order valence-electron chi connectivity index (χ2n) is 10.5. The van der Waals surface area contributed by atoms with Crippen molar-refractivity contribution in [2.24, 2.45) is 5.92 Å². The van der Waals surface area contributed by atoms with Gasteiger partial charge in [-0.05, 0) is 79.0 Å². The average Bonchev–Trinajstić information content (AvgIpc) is 3.36. The molecule has 0 amide bonds. The van der Waals surface area contributed by atoms with Crippen molar-refractivity contribution in [3.63, 3.8) is 0 Å². The molecule has 1 fully saturated rings. The van der Waals surface area contributed by atoms with Crippen LogP contribution < -0.4 is 0 Å². The summed E-state index contributed by atoms with van der Waals surface area (Å²) in [6.45, 7) is 2.06. The van der Waals surface area contributed by atoms with Gasteiger partial charge in [-0.2, -0.15) is 13.2 Å². The van der Waals surface area contributed by atoms with E-state index in [0.717, 1.165) is 49.9 Å². The first kappa shape index (κ1) is 25.8. The van der Waals surface area contributed by atoms with Crippen molar-refractivity contribution in [1.82, 2.24) is 4.98 Å². The molecule has 0 radical (unpaired) electrons. The lowest BCUT2D eigenvalue weighted by molar-refractivity contribution is -0.137. The summed E-state index contributed by atoms with van der Waals surface area (Å²) in [7, 11) is 0. The molecule has 1 N–H and O–H groups in total. The minimum Gasteiger partial charge on any atom is -0.388 e. The van der Waals surface area contributed by atoms with Gasteiger partial charge in [0.05, 0.1) is 17.4 Å². The van der Waals surface area contributed by atoms with Crippen LogP contribution in [0.4, 0.5) is 22.0 Å². The number of hydrogen-bond acceptors (Lipinski definition) is 2. The van der Waals surface area contributed by atoms with Crippen LogP contribution in [0.3, 0.4) is 0 Å². The van der Waals surface area contributed by atoms with Crippen molar-refractivity contribution in [2.45, 2.75) is 76.2 Å². The van der Waals surface area contributed by atoms with Gasteiger partial charge in [-0.15, -0.1) is 0 Å². The molecule has 2 aliphatic carbocycles. The highest BCUT2D eigenvalue weighted by Crippen LogP contribution is 2.48. The zero-order valence-electron chi connectivity index (χ0n) is 20.7. The van der Waals surface area contributed by atoms with Gasteiger partial charge in [-0.1, -0.05) is 44.0 Å². The summed E-state index contributed by atoms with van der Waals surface area (Å²) in [5.41, 5.74) is 2.51. The van der Waals surface area contributed by atoms with E-state index in [1.807, 2.05) is 0 Å². The van der Waals surface area contributed by atoms with Crippen LogP contribution in [0.25, 0.3) is 11.1 Å². The summed E-state index contributed by atoms with van der Waals surface area (Å²) >= 11 is 0. The predicted molar refractivity (Wildman–Crippen MR) is 132 cm³/mol. The van der Waals surface area contributed by atoms with Crippen LogP contribution in [0, 0.1) is 11.7 Å². The topological polar surface area (TPSA) is 33.1 Å². The Labute approximate surface area is 213 Å². The van der Waals surface area contributed by atoms with Gasteiger partial charge in [-0.25, -0.2) is 8.78 Å². The number of alkyl halides is 4. The van der Waals surface area contributed by atoms with Crippen LogP contribution in [0.1, 0.15) is 97.3 Å². The number of benzene rings is 2. The maximum Gasteiger partial charge on any atom is 0.416 e. The SMILES string of the molecule is CC1CCc2nc(C3CCCC3)c(C(F)c3ccc(C(F)(F)F)cc3)c(-c3ccc(F)cc3)c2C(O)C1. The molecule has 1 aromatic heterocycles. The Balaban J connectivity index is 1.77. The van der Waals surface area contributed by atoms with Gasteiger partial charge in [0.15, 0.2) is 6.17 Å². The van der Waals surface area contributed by atoms with Crippen molar-refractivity contribution < 1.29 is 27.1 Å². The average molecular weight is 516 g/mol. The molecule has 2 aliphatic rings. The molecule has 3 unspecified atom stereocenters. The number of aliphatic hydroxyl groups is 1. The first-order chi connectivity index (χ1) is 17.6. The highest BCUT2D eigenvalue weighted by Gasteiger charge is 2.36. The molecule has 1 saturated carbocycles. The third kappa shape index (κ3) is 5.15.